The number of carbonyl (C=O) groups excluding carboxylic acids is 1. The first-order chi connectivity index (χ1) is 13.6. The van der Waals surface area contributed by atoms with E-state index in [1.165, 1.54) is 29.6 Å². The lowest BCUT2D eigenvalue weighted by Gasteiger charge is -2.25. The highest BCUT2D eigenvalue weighted by Gasteiger charge is 2.37. The highest BCUT2D eigenvalue weighted by Crippen LogP contribution is 2.35. The van der Waals surface area contributed by atoms with Crippen LogP contribution in [0.3, 0.4) is 0 Å². The second-order valence-electron chi connectivity index (χ2n) is 6.57. The first-order valence-corrected chi connectivity index (χ1v) is 12.0. The van der Waals surface area contributed by atoms with Gasteiger partial charge < -0.3 is 4.74 Å². The number of sulfonamides is 2. The van der Waals surface area contributed by atoms with Gasteiger partial charge >= 0.3 is 0 Å². The largest absolute Gasteiger partial charge is 0.495 e. The summed E-state index contributed by atoms with van der Waals surface area (Å²) in [5.41, 5.74) is 1.35. The lowest BCUT2D eigenvalue weighted by atomic mass is 10.2. The summed E-state index contributed by atoms with van der Waals surface area (Å²) >= 11 is 0. The van der Waals surface area contributed by atoms with Crippen molar-refractivity contribution < 1.29 is 26.4 Å². The van der Waals surface area contributed by atoms with E-state index in [9.17, 15) is 21.6 Å². The molecule has 0 aromatic heterocycles. The summed E-state index contributed by atoms with van der Waals surface area (Å²) in [6, 6.07) is 10.9. The minimum Gasteiger partial charge on any atom is -0.495 e. The summed E-state index contributed by atoms with van der Waals surface area (Å²) in [5.74, 6) is -0.835. The predicted molar refractivity (Wildman–Crippen MR) is 110 cm³/mol. The Hall–Kier alpha value is -2.59. The molecule has 2 aromatic rings. The molecule has 0 spiro atoms. The van der Waals surface area contributed by atoms with Crippen molar-refractivity contribution in [2.45, 2.75) is 25.2 Å². The van der Waals surface area contributed by atoms with Gasteiger partial charge in [0, 0.05) is 13.0 Å². The summed E-state index contributed by atoms with van der Waals surface area (Å²) < 4.78 is 58.5. The van der Waals surface area contributed by atoms with Crippen LogP contribution in [-0.2, 0) is 24.8 Å². The van der Waals surface area contributed by atoms with Gasteiger partial charge in [0.2, 0.25) is 15.9 Å². The molecule has 3 rings (SSSR count). The molecule has 0 saturated carbocycles. The molecular formula is C19H22N2O6S2. The van der Waals surface area contributed by atoms with Crippen LogP contribution in [0.1, 0.15) is 18.9 Å². The molecule has 0 bridgehead atoms. The van der Waals surface area contributed by atoms with Crippen molar-refractivity contribution in [3.05, 3.63) is 48.0 Å². The zero-order valence-electron chi connectivity index (χ0n) is 16.3. The average molecular weight is 439 g/mol. The molecule has 10 heteroatoms. The maximum absolute atomic E-state index is 13.5. The highest BCUT2D eigenvalue weighted by atomic mass is 32.2. The fourth-order valence-electron chi connectivity index (χ4n) is 3.26. The molecular weight excluding hydrogens is 416 g/mol. The number of amides is 1. The van der Waals surface area contributed by atoms with Crippen molar-refractivity contribution in [2.24, 2.45) is 0 Å². The first-order valence-electron chi connectivity index (χ1n) is 8.95. The predicted octanol–water partition coefficient (Wildman–Crippen LogP) is 2.29. The summed E-state index contributed by atoms with van der Waals surface area (Å²) in [4.78, 5) is 11.9. The Morgan fingerprint density at radius 1 is 1.17 bits per heavy atom. The normalized spacial score (nSPS) is 16.1. The molecule has 0 atom stereocenters. The fourth-order valence-corrected chi connectivity index (χ4v) is 6.35. The quantitative estimate of drug-likeness (QED) is 0.686. The third-order valence-electron chi connectivity index (χ3n) is 4.61. The summed E-state index contributed by atoms with van der Waals surface area (Å²) in [7, 11) is -6.59. The van der Waals surface area contributed by atoms with Crippen LogP contribution in [-0.4, -0.2) is 42.2 Å². The molecule has 0 unspecified atom stereocenters. The number of nitrogens with zero attached hydrogens (tertiary/aromatic N) is 2. The Morgan fingerprint density at radius 2 is 1.90 bits per heavy atom. The van der Waals surface area contributed by atoms with Crippen molar-refractivity contribution in [1.29, 1.82) is 0 Å². The van der Waals surface area contributed by atoms with Gasteiger partial charge in [0.15, 0.2) is 0 Å². The maximum Gasteiger partial charge on any atom is 0.268 e. The lowest BCUT2D eigenvalue weighted by molar-refractivity contribution is -0.116. The van der Waals surface area contributed by atoms with Crippen LogP contribution < -0.4 is 13.3 Å². The molecule has 0 radical (unpaired) electrons. The average Bonchev–Trinajstić information content (AvgIpc) is 2.94. The molecule has 1 heterocycles. The summed E-state index contributed by atoms with van der Waals surface area (Å²) in [5, 5.41) is 0. The van der Waals surface area contributed by atoms with E-state index < -0.39 is 26.0 Å². The molecule has 1 aliphatic rings. The van der Waals surface area contributed by atoms with Crippen LogP contribution in [0.15, 0.2) is 47.4 Å². The Bertz CT molecular complexity index is 1160. The molecule has 1 aliphatic heterocycles. The zero-order valence-corrected chi connectivity index (χ0v) is 18.0. The van der Waals surface area contributed by atoms with Crippen molar-refractivity contribution in [3.8, 4) is 5.75 Å². The van der Waals surface area contributed by atoms with E-state index in [0.29, 0.717) is 9.99 Å². The number of carbonyl (C=O) groups is 1. The first kappa shape index (κ1) is 21.1. The monoisotopic (exact) mass is 438 g/mol. The molecule has 29 heavy (non-hydrogen) atoms. The van der Waals surface area contributed by atoms with Gasteiger partial charge in [0.05, 0.1) is 24.2 Å². The highest BCUT2D eigenvalue weighted by molar-refractivity contribution is 7.94. The Kier molecular flexibility index (Phi) is 5.59. The second kappa shape index (κ2) is 7.68. The number of hydrogen-bond donors (Lipinski definition) is 0. The SMILES string of the molecule is CCN(c1cccc(C)c1)S(=O)(=O)c1cc(N2C(=O)CCS2(=O)=O)ccc1OC. The van der Waals surface area contributed by atoms with Gasteiger partial charge in [-0.2, -0.15) is 0 Å². The minimum absolute atomic E-state index is 0.0211. The zero-order chi connectivity index (χ0) is 21.4. The third kappa shape index (κ3) is 3.82. The molecule has 0 aliphatic carbocycles. The summed E-state index contributed by atoms with van der Waals surface area (Å²) in [6.45, 7) is 3.71. The van der Waals surface area contributed by atoms with Crippen LogP contribution >= 0.6 is 0 Å². The number of methoxy groups -OCH3 is 1. The smallest absolute Gasteiger partial charge is 0.268 e. The van der Waals surface area contributed by atoms with E-state index in [-0.39, 0.29) is 35.1 Å². The maximum atomic E-state index is 13.5. The van der Waals surface area contributed by atoms with Gasteiger partial charge in [-0.3, -0.25) is 9.10 Å². The van der Waals surface area contributed by atoms with Crippen molar-refractivity contribution in [3.63, 3.8) is 0 Å². The van der Waals surface area contributed by atoms with E-state index in [4.69, 9.17) is 4.74 Å². The second-order valence-corrected chi connectivity index (χ2v) is 10.3. The number of ether oxygens (including phenoxy) is 1. The number of hydrogen-bond acceptors (Lipinski definition) is 6. The van der Waals surface area contributed by atoms with Gasteiger partial charge in [-0.15, -0.1) is 0 Å². The van der Waals surface area contributed by atoms with Crippen LogP contribution in [0.5, 0.6) is 5.75 Å². The van der Waals surface area contributed by atoms with Gasteiger partial charge in [0.25, 0.3) is 10.0 Å². The van der Waals surface area contributed by atoms with E-state index in [1.807, 2.05) is 13.0 Å². The molecule has 1 fully saturated rings. The topological polar surface area (TPSA) is 101 Å². The number of aryl methyl sites for hydroxylation is 1. The standard InChI is InChI=1S/C19H22N2O6S2/c1-4-20(15-7-5-6-14(2)12-15)29(25,26)18-13-16(8-9-17(18)27-3)21-19(22)10-11-28(21,23)24/h5-9,12-13H,4,10-11H2,1-3H3. The number of anilines is 2. The van der Waals surface area contributed by atoms with E-state index in [1.54, 1.807) is 25.1 Å². The van der Waals surface area contributed by atoms with Crippen molar-refractivity contribution in [2.75, 3.05) is 28.0 Å². The third-order valence-corrected chi connectivity index (χ3v) is 8.22. The van der Waals surface area contributed by atoms with Crippen molar-refractivity contribution >= 4 is 37.3 Å². The van der Waals surface area contributed by atoms with Gasteiger partial charge in [0.1, 0.15) is 10.6 Å². The molecule has 0 N–H and O–H groups in total. The Morgan fingerprint density at radius 3 is 2.45 bits per heavy atom. The van der Waals surface area contributed by atoms with Gasteiger partial charge in [-0.05, 0) is 49.7 Å². The molecule has 8 nitrogen and oxygen atoms in total. The molecule has 2 aromatic carbocycles. The van der Waals surface area contributed by atoms with Crippen LogP contribution in [0, 0.1) is 6.92 Å². The van der Waals surface area contributed by atoms with Crippen LogP contribution in [0.25, 0.3) is 0 Å². The number of benzene rings is 2. The molecule has 1 amide bonds. The van der Waals surface area contributed by atoms with E-state index in [2.05, 4.69) is 0 Å². The van der Waals surface area contributed by atoms with Crippen molar-refractivity contribution in [1.82, 2.24) is 0 Å². The number of rotatable bonds is 6. The summed E-state index contributed by atoms with van der Waals surface area (Å²) in [6.07, 6.45) is -0.138. The minimum atomic E-state index is -4.09. The fraction of sp³-hybridized carbons (Fsp3) is 0.316. The van der Waals surface area contributed by atoms with Gasteiger partial charge in [-0.1, -0.05) is 12.1 Å². The molecule has 156 valence electrons. The lowest BCUT2D eigenvalue weighted by Crippen LogP contribution is -2.32. The van der Waals surface area contributed by atoms with Crippen LogP contribution in [0.4, 0.5) is 11.4 Å². The van der Waals surface area contributed by atoms with E-state index >= 15 is 0 Å². The Labute approximate surface area is 170 Å². The van der Waals surface area contributed by atoms with E-state index in [0.717, 1.165) is 5.56 Å². The Balaban J connectivity index is 2.16. The molecule has 1 saturated heterocycles. The van der Waals surface area contributed by atoms with Gasteiger partial charge in [-0.25, -0.2) is 21.1 Å². The van der Waals surface area contributed by atoms with Crippen LogP contribution in [0.2, 0.25) is 0 Å².